The van der Waals surface area contributed by atoms with Crippen molar-refractivity contribution in [1.29, 1.82) is 0 Å². The van der Waals surface area contributed by atoms with E-state index >= 15 is 0 Å². The van der Waals surface area contributed by atoms with Crippen LogP contribution in [-0.2, 0) is 30.3 Å². The maximum Gasteiger partial charge on any atom is 0.235 e. The molecule has 1 saturated carbocycles. The van der Waals surface area contributed by atoms with Gasteiger partial charge in [-0.25, -0.2) is 0 Å². The second-order valence-corrected chi connectivity index (χ2v) is 12.2. The summed E-state index contributed by atoms with van der Waals surface area (Å²) >= 11 is 0. The van der Waals surface area contributed by atoms with Gasteiger partial charge in [-0.3, -0.25) is 19.2 Å². The number of ether oxygens (including phenoxy) is 1. The Morgan fingerprint density at radius 3 is 2.64 bits per heavy atom. The van der Waals surface area contributed by atoms with Crippen LogP contribution in [0.3, 0.4) is 0 Å². The number of ketones is 3. The Morgan fingerprint density at radius 2 is 1.85 bits per heavy atom. The van der Waals surface area contributed by atoms with Crippen molar-refractivity contribution in [2.24, 2.45) is 29.1 Å². The molecule has 204 valence electrons. The minimum absolute atomic E-state index is 0.0299. The lowest BCUT2D eigenvalue weighted by Gasteiger charge is -2.46. The van der Waals surface area contributed by atoms with Crippen molar-refractivity contribution in [3.63, 3.8) is 0 Å². The number of hydrogen-bond donors (Lipinski definition) is 2. The van der Waals surface area contributed by atoms with Crippen LogP contribution >= 0.6 is 0 Å². The Bertz CT molecular complexity index is 1450. The highest BCUT2D eigenvalue weighted by molar-refractivity contribution is 6.43. The van der Waals surface area contributed by atoms with Crippen LogP contribution in [0, 0.1) is 29.1 Å². The zero-order valence-corrected chi connectivity index (χ0v) is 23.0. The lowest BCUT2D eigenvalue weighted by molar-refractivity contribution is -0.149. The SMILES string of the molecule is C/C1=C/[C@H](C)C/C=C\C2C3O[C@]3(C)C(C)C3[C@H](Cc4c[nH]c5ccccc45)NC(=O)C23C(=O)CCC(=O)C1=O. The second-order valence-electron chi connectivity index (χ2n) is 12.2. The predicted octanol–water partition coefficient (Wildman–Crippen LogP) is 4.26. The molecule has 2 saturated heterocycles. The molecule has 1 aromatic heterocycles. The molecule has 0 bridgehead atoms. The Balaban J connectivity index is 1.44. The number of aromatic amines is 1. The van der Waals surface area contributed by atoms with Gasteiger partial charge in [-0.05, 0) is 55.7 Å². The van der Waals surface area contributed by atoms with Gasteiger partial charge in [-0.2, -0.15) is 0 Å². The molecule has 0 radical (unpaired) electrons. The molecule has 1 amide bonds. The van der Waals surface area contributed by atoms with Gasteiger partial charge in [-0.1, -0.05) is 50.3 Å². The van der Waals surface area contributed by atoms with Crippen molar-refractivity contribution in [1.82, 2.24) is 10.3 Å². The van der Waals surface area contributed by atoms with Crippen molar-refractivity contribution in [3.05, 3.63) is 59.8 Å². The molecule has 7 nitrogen and oxygen atoms in total. The normalized spacial score (nSPS) is 40.8. The molecule has 39 heavy (non-hydrogen) atoms. The van der Waals surface area contributed by atoms with E-state index in [-0.39, 0.29) is 54.4 Å². The second kappa shape index (κ2) is 9.12. The van der Waals surface area contributed by atoms with Gasteiger partial charge in [0.05, 0.1) is 11.7 Å². The first kappa shape index (κ1) is 25.9. The van der Waals surface area contributed by atoms with Crippen LogP contribution in [0.4, 0.5) is 0 Å². The number of nitrogens with one attached hydrogen (secondary N) is 2. The van der Waals surface area contributed by atoms with Crippen molar-refractivity contribution >= 4 is 34.2 Å². The Labute approximate surface area is 228 Å². The number of aromatic nitrogens is 1. The fraction of sp³-hybridized carbons (Fsp3) is 0.500. The number of fused-ring (bicyclic) bond motifs is 3. The zero-order valence-electron chi connectivity index (χ0n) is 23.0. The van der Waals surface area contributed by atoms with Crippen LogP contribution in [0.5, 0.6) is 0 Å². The highest BCUT2D eigenvalue weighted by Gasteiger charge is 2.78. The van der Waals surface area contributed by atoms with Gasteiger partial charge in [0.2, 0.25) is 17.5 Å². The van der Waals surface area contributed by atoms with Crippen LogP contribution in [0.25, 0.3) is 10.9 Å². The third-order valence-corrected chi connectivity index (χ3v) is 9.99. The van der Waals surface area contributed by atoms with Gasteiger partial charge in [0.15, 0.2) is 0 Å². The Hall–Kier alpha value is -3.32. The Morgan fingerprint density at radius 1 is 1.08 bits per heavy atom. The summed E-state index contributed by atoms with van der Waals surface area (Å²) in [7, 11) is 0. The van der Waals surface area contributed by atoms with Crippen molar-refractivity contribution in [2.45, 2.75) is 71.1 Å². The predicted molar refractivity (Wildman–Crippen MR) is 147 cm³/mol. The summed E-state index contributed by atoms with van der Waals surface area (Å²) in [5.41, 5.74) is 0.739. The van der Waals surface area contributed by atoms with E-state index in [0.717, 1.165) is 16.5 Å². The molecule has 2 aliphatic carbocycles. The molecule has 5 unspecified atom stereocenters. The summed E-state index contributed by atoms with van der Waals surface area (Å²) in [5, 5.41) is 4.34. The van der Waals surface area contributed by atoms with Crippen LogP contribution in [0.15, 0.2) is 54.3 Å². The minimum Gasteiger partial charge on any atom is -0.365 e. The smallest absolute Gasteiger partial charge is 0.235 e. The first-order valence-corrected chi connectivity index (χ1v) is 14.1. The minimum atomic E-state index is -1.35. The molecule has 2 aliphatic heterocycles. The Kier molecular flexibility index (Phi) is 6.06. The van der Waals surface area contributed by atoms with Crippen LogP contribution in [0.1, 0.15) is 52.5 Å². The first-order chi connectivity index (χ1) is 18.6. The number of amides is 1. The average Bonchev–Trinajstić information content (AvgIpc) is 3.31. The van der Waals surface area contributed by atoms with Crippen molar-refractivity contribution in [3.8, 4) is 0 Å². The fourth-order valence-electron chi connectivity index (χ4n) is 7.84. The number of hydrogen-bond acceptors (Lipinski definition) is 5. The van der Waals surface area contributed by atoms with Gasteiger partial charge in [0, 0.05) is 47.8 Å². The van der Waals surface area contributed by atoms with E-state index in [2.05, 4.69) is 30.2 Å². The fourth-order valence-corrected chi connectivity index (χ4v) is 7.84. The van der Waals surface area contributed by atoms with Crippen molar-refractivity contribution < 1.29 is 23.9 Å². The number of carbonyl (C=O) groups excluding carboxylic acids is 4. The van der Waals surface area contributed by atoms with Gasteiger partial charge >= 0.3 is 0 Å². The highest BCUT2D eigenvalue weighted by atomic mass is 16.6. The summed E-state index contributed by atoms with van der Waals surface area (Å²) in [6.45, 7) is 7.83. The molecule has 2 aromatic rings. The van der Waals surface area contributed by atoms with Crippen LogP contribution in [-0.4, -0.2) is 46.0 Å². The van der Waals surface area contributed by atoms with Crippen molar-refractivity contribution in [2.75, 3.05) is 0 Å². The monoisotopic (exact) mass is 528 g/mol. The van der Waals surface area contributed by atoms with Crippen LogP contribution < -0.4 is 5.32 Å². The standard InChI is InChI=1S/C32H36N2O5/c1-17-8-7-10-22-29-31(4,39-29)19(3)27-24(15-20-16-33-23-11-6-5-9-21(20)23)34-30(38)32(22,27)26(36)13-12-25(35)28(37)18(2)14-17/h5-7,9-11,14,16-17,19,22,24,27,29,33H,8,12-13,15H2,1-4H3,(H,34,38)/b10-7-,18-14-/t17-,19?,22?,24+,27?,29?,31-,32?/m1/s1. The van der Waals surface area contributed by atoms with Gasteiger partial charge in [0.25, 0.3) is 0 Å². The molecule has 8 atom stereocenters. The zero-order chi connectivity index (χ0) is 27.7. The molecule has 2 N–H and O–H groups in total. The highest BCUT2D eigenvalue weighted by Crippen LogP contribution is 2.66. The number of carbonyl (C=O) groups is 4. The largest absolute Gasteiger partial charge is 0.365 e. The van der Waals surface area contributed by atoms with E-state index in [1.165, 1.54) is 0 Å². The van der Waals surface area contributed by atoms with E-state index in [9.17, 15) is 19.2 Å². The molecule has 7 heteroatoms. The summed E-state index contributed by atoms with van der Waals surface area (Å²) in [4.78, 5) is 57.3. The maximum absolute atomic E-state index is 14.3. The maximum atomic E-state index is 14.3. The first-order valence-electron chi connectivity index (χ1n) is 14.1. The number of H-pyrrole nitrogens is 1. The topological polar surface area (TPSA) is 109 Å². The van der Waals surface area contributed by atoms with Gasteiger partial charge in [-0.15, -0.1) is 0 Å². The van der Waals surface area contributed by atoms with E-state index in [0.29, 0.717) is 18.4 Å². The summed E-state index contributed by atoms with van der Waals surface area (Å²) in [6.07, 6.45) is 8.46. The molecule has 3 heterocycles. The lowest BCUT2D eigenvalue weighted by atomic mass is 9.51. The number of Topliss-reactive ketones (excluding diaryl/α,β-unsaturated/α-hetero) is 3. The molecule has 6 rings (SSSR count). The number of allylic oxidation sites excluding steroid dienone is 3. The number of epoxide rings is 1. The number of rotatable bonds is 2. The molecular weight excluding hydrogens is 492 g/mol. The molecule has 1 aromatic carbocycles. The molecular formula is C32H36N2O5. The molecule has 1 spiro atoms. The third-order valence-electron chi connectivity index (χ3n) is 9.99. The van der Waals surface area contributed by atoms with E-state index < -0.39 is 28.5 Å². The molecule has 4 aliphatic rings. The lowest BCUT2D eigenvalue weighted by Crippen LogP contribution is -2.58. The van der Waals surface area contributed by atoms with Gasteiger partial charge < -0.3 is 15.0 Å². The third kappa shape index (κ3) is 3.80. The van der Waals surface area contributed by atoms with E-state index in [1.807, 2.05) is 49.5 Å². The van der Waals surface area contributed by atoms with E-state index in [1.54, 1.807) is 6.92 Å². The average molecular weight is 529 g/mol. The summed E-state index contributed by atoms with van der Waals surface area (Å²) in [6, 6.07) is 7.79. The number of benzene rings is 1. The summed E-state index contributed by atoms with van der Waals surface area (Å²) in [5.74, 6) is -2.47. The van der Waals surface area contributed by atoms with Gasteiger partial charge in [0.1, 0.15) is 11.2 Å². The quantitative estimate of drug-likeness (QED) is 0.262. The van der Waals surface area contributed by atoms with Crippen LogP contribution in [0.2, 0.25) is 0 Å². The number of para-hydroxylation sites is 1. The molecule has 3 fully saturated rings. The van der Waals surface area contributed by atoms with E-state index in [4.69, 9.17) is 4.74 Å². The summed E-state index contributed by atoms with van der Waals surface area (Å²) < 4.78 is 6.34.